The number of carboxylic acids is 1. The number of halogens is 1. The molecule has 2 N–H and O–H groups in total. The van der Waals surface area contributed by atoms with E-state index in [9.17, 15) is 9.90 Å². The van der Waals surface area contributed by atoms with Crippen molar-refractivity contribution < 1.29 is 14.6 Å². The minimum atomic E-state index is -1.06. The van der Waals surface area contributed by atoms with Gasteiger partial charge in [0.2, 0.25) is 0 Å². The van der Waals surface area contributed by atoms with Crippen LogP contribution in [-0.2, 0) is 15.1 Å². The molecule has 5 heteroatoms. The molecule has 18 heavy (non-hydrogen) atoms. The van der Waals surface area contributed by atoms with Crippen molar-refractivity contribution >= 4 is 21.9 Å². The minimum absolute atomic E-state index is 0.466. The van der Waals surface area contributed by atoms with Crippen molar-refractivity contribution in [2.75, 3.05) is 20.3 Å². The van der Waals surface area contributed by atoms with Gasteiger partial charge in [0.05, 0.1) is 6.61 Å². The number of carbonyl (C=O) groups is 1. The molecule has 1 unspecified atom stereocenters. The van der Waals surface area contributed by atoms with E-state index in [2.05, 4.69) is 21.2 Å². The molecule has 0 aliphatic rings. The summed E-state index contributed by atoms with van der Waals surface area (Å²) < 4.78 is 5.88. The zero-order valence-electron chi connectivity index (χ0n) is 10.6. The molecule has 0 aliphatic heterocycles. The van der Waals surface area contributed by atoms with E-state index in [1.807, 2.05) is 31.2 Å². The molecule has 1 rings (SSSR count). The average molecular weight is 316 g/mol. The van der Waals surface area contributed by atoms with Crippen LogP contribution in [0.3, 0.4) is 0 Å². The maximum atomic E-state index is 11.6. The van der Waals surface area contributed by atoms with Crippen LogP contribution in [0.4, 0.5) is 0 Å². The number of methoxy groups -OCH3 is 1. The molecule has 0 saturated carbocycles. The van der Waals surface area contributed by atoms with Gasteiger partial charge in [-0.05, 0) is 24.1 Å². The molecule has 0 radical (unpaired) electrons. The molecule has 0 saturated heterocycles. The summed E-state index contributed by atoms with van der Waals surface area (Å²) in [6, 6.07) is 7.34. The van der Waals surface area contributed by atoms with Crippen LogP contribution in [0, 0.1) is 0 Å². The van der Waals surface area contributed by atoms with E-state index in [0.29, 0.717) is 19.6 Å². The molecule has 0 amide bonds. The van der Waals surface area contributed by atoms with Crippen molar-refractivity contribution in [1.82, 2.24) is 5.32 Å². The molecule has 1 aromatic carbocycles. The Hall–Kier alpha value is -0.910. The van der Waals surface area contributed by atoms with Crippen LogP contribution in [0.15, 0.2) is 28.7 Å². The van der Waals surface area contributed by atoms with Crippen LogP contribution in [-0.4, -0.2) is 31.3 Å². The number of benzene rings is 1. The van der Waals surface area contributed by atoms with Gasteiger partial charge >= 0.3 is 5.97 Å². The fraction of sp³-hybridized carbons (Fsp3) is 0.462. The molecule has 1 aromatic rings. The number of aliphatic carboxylic acids is 1. The first-order chi connectivity index (χ1) is 8.56. The number of nitrogens with one attached hydrogen (secondary N) is 1. The third kappa shape index (κ3) is 3.31. The highest BCUT2D eigenvalue weighted by molar-refractivity contribution is 9.10. The van der Waals surface area contributed by atoms with E-state index >= 15 is 0 Å². The first-order valence-electron chi connectivity index (χ1n) is 5.80. The van der Waals surface area contributed by atoms with Crippen molar-refractivity contribution in [2.45, 2.75) is 18.9 Å². The average Bonchev–Trinajstić information content (AvgIpc) is 2.36. The lowest BCUT2D eigenvalue weighted by Crippen LogP contribution is -2.49. The summed E-state index contributed by atoms with van der Waals surface area (Å²) in [5, 5.41) is 12.6. The van der Waals surface area contributed by atoms with Crippen LogP contribution in [0.1, 0.15) is 18.9 Å². The molecule has 0 heterocycles. The quantitative estimate of drug-likeness (QED) is 0.758. The van der Waals surface area contributed by atoms with Crippen molar-refractivity contribution in [2.24, 2.45) is 0 Å². The molecule has 0 fully saturated rings. The first-order valence-corrected chi connectivity index (χ1v) is 6.59. The van der Waals surface area contributed by atoms with E-state index in [0.717, 1.165) is 10.0 Å². The number of rotatable bonds is 7. The zero-order valence-corrected chi connectivity index (χ0v) is 12.2. The monoisotopic (exact) mass is 315 g/mol. The van der Waals surface area contributed by atoms with Crippen molar-refractivity contribution in [3.8, 4) is 0 Å². The molecule has 4 nitrogen and oxygen atoms in total. The van der Waals surface area contributed by atoms with Gasteiger partial charge in [0, 0.05) is 18.1 Å². The van der Waals surface area contributed by atoms with Crippen LogP contribution < -0.4 is 5.32 Å². The lowest BCUT2D eigenvalue weighted by molar-refractivity contribution is -0.145. The Labute approximate surface area is 115 Å². The highest BCUT2D eigenvalue weighted by atomic mass is 79.9. The van der Waals surface area contributed by atoms with Crippen LogP contribution in [0.5, 0.6) is 0 Å². The Kier molecular flexibility index (Phi) is 5.78. The fourth-order valence-corrected chi connectivity index (χ4v) is 2.15. The molecule has 0 aromatic heterocycles. The van der Waals surface area contributed by atoms with Gasteiger partial charge in [-0.25, -0.2) is 4.79 Å². The second kappa shape index (κ2) is 6.87. The van der Waals surface area contributed by atoms with Gasteiger partial charge in [0.15, 0.2) is 0 Å². The number of carboxylic acid groups (broad SMARTS) is 1. The molecule has 100 valence electrons. The predicted octanol–water partition coefficient (Wildman–Crippen LogP) is 2.38. The molecule has 0 aliphatic carbocycles. The normalized spacial score (nSPS) is 14.2. The highest BCUT2D eigenvalue weighted by Crippen LogP contribution is 2.26. The maximum Gasteiger partial charge on any atom is 0.328 e. The summed E-state index contributed by atoms with van der Waals surface area (Å²) in [6.45, 7) is 2.83. The zero-order chi connectivity index (χ0) is 13.6. The van der Waals surface area contributed by atoms with Crippen molar-refractivity contribution in [3.63, 3.8) is 0 Å². The van der Waals surface area contributed by atoms with Gasteiger partial charge in [-0.3, -0.25) is 5.32 Å². The van der Waals surface area contributed by atoms with E-state index in [4.69, 9.17) is 4.74 Å². The van der Waals surface area contributed by atoms with Crippen molar-refractivity contribution in [3.05, 3.63) is 34.3 Å². The van der Waals surface area contributed by atoms with Crippen LogP contribution >= 0.6 is 15.9 Å². The van der Waals surface area contributed by atoms with Gasteiger partial charge < -0.3 is 9.84 Å². The summed E-state index contributed by atoms with van der Waals surface area (Å²) in [4.78, 5) is 11.6. The molecular weight excluding hydrogens is 298 g/mol. The third-order valence-electron chi connectivity index (χ3n) is 2.97. The van der Waals surface area contributed by atoms with Crippen LogP contribution in [0.2, 0.25) is 0 Å². The van der Waals surface area contributed by atoms with Gasteiger partial charge in [0.25, 0.3) is 0 Å². The lowest BCUT2D eigenvalue weighted by atomic mass is 9.87. The summed E-state index contributed by atoms with van der Waals surface area (Å²) in [6.07, 6.45) is 0.466. The molecule has 0 spiro atoms. The number of hydrogen-bond donors (Lipinski definition) is 2. The molecule has 1 atom stereocenters. The van der Waals surface area contributed by atoms with Gasteiger partial charge in [0.1, 0.15) is 5.54 Å². The highest BCUT2D eigenvalue weighted by Gasteiger charge is 2.37. The topological polar surface area (TPSA) is 58.6 Å². The standard InChI is InChI=1S/C13H18BrNO3/c1-3-13(12(16)17,15-8-9-18-2)10-4-6-11(14)7-5-10/h4-7,15H,3,8-9H2,1-2H3,(H,16,17). The Morgan fingerprint density at radius 1 is 1.44 bits per heavy atom. The third-order valence-corrected chi connectivity index (χ3v) is 3.49. The Morgan fingerprint density at radius 3 is 2.50 bits per heavy atom. The smallest absolute Gasteiger partial charge is 0.328 e. The van der Waals surface area contributed by atoms with Crippen LogP contribution in [0.25, 0.3) is 0 Å². The second-order valence-corrected chi connectivity index (χ2v) is 4.91. The summed E-state index contributed by atoms with van der Waals surface area (Å²) in [5.41, 5.74) is -0.309. The Balaban J connectivity index is 3.02. The Bertz CT molecular complexity index is 394. The lowest BCUT2D eigenvalue weighted by Gasteiger charge is -2.30. The molecular formula is C13H18BrNO3. The maximum absolute atomic E-state index is 11.6. The van der Waals surface area contributed by atoms with Gasteiger partial charge in [-0.1, -0.05) is 35.0 Å². The predicted molar refractivity (Wildman–Crippen MR) is 73.6 cm³/mol. The Morgan fingerprint density at radius 2 is 2.06 bits per heavy atom. The van der Waals surface area contributed by atoms with Crippen molar-refractivity contribution in [1.29, 1.82) is 0 Å². The molecule has 0 bridgehead atoms. The summed E-state index contributed by atoms with van der Waals surface area (Å²) >= 11 is 3.35. The van der Waals surface area contributed by atoms with Gasteiger partial charge in [-0.2, -0.15) is 0 Å². The van der Waals surface area contributed by atoms with Gasteiger partial charge in [-0.15, -0.1) is 0 Å². The van der Waals surface area contributed by atoms with E-state index < -0.39 is 11.5 Å². The number of hydrogen-bond acceptors (Lipinski definition) is 3. The largest absolute Gasteiger partial charge is 0.480 e. The first kappa shape index (κ1) is 15.1. The minimum Gasteiger partial charge on any atom is -0.480 e. The van der Waals surface area contributed by atoms with E-state index in [-0.39, 0.29) is 0 Å². The summed E-state index contributed by atoms with van der Waals surface area (Å²) in [5.74, 6) is -0.872. The SMILES string of the molecule is CCC(NCCOC)(C(=O)O)c1ccc(Br)cc1. The fourth-order valence-electron chi connectivity index (χ4n) is 1.88. The van der Waals surface area contributed by atoms with E-state index in [1.54, 1.807) is 7.11 Å². The summed E-state index contributed by atoms with van der Waals surface area (Å²) in [7, 11) is 1.59. The van der Waals surface area contributed by atoms with E-state index in [1.165, 1.54) is 0 Å². The second-order valence-electron chi connectivity index (χ2n) is 3.99. The number of ether oxygens (including phenoxy) is 1.